The van der Waals surface area contributed by atoms with Gasteiger partial charge in [-0.3, -0.25) is 16.5 Å². The van der Waals surface area contributed by atoms with Crippen LogP contribution in [0.1, 0.15) is 93.4 Å². The molecule has 1 saturated carbocycles. The Balaban J connectivity index is 0.000000195. The van der Waals surface area contributed by atoms with E-state index in [1.54, 1.807) is 28.8 Å². The molecule has 4 aliphatic heterocycles. The normalized spacial score (nSPS) is 22.5. The molecule has 5 aliphatic rings. The van der Waals surface area contributed by atoms with Gasteiger partial charge >= 0.3 is 0 Å². The fourth-order valence-corrected chi connectivity index (χ4v) is 9.12. The second-order valence-corrected chi connectivity index (χ2v) is 18.0. The van der Waals surface area contributed by atoms with Crippen molar-refractivity contribution < 1.29 is 13.6 Å². The molecule has 0 bridgehead atoms. The molecule has 1 aliphatic carbocycles. The summed E-state index contributed by atoms with van der Waals surface area (Å²) in [6.07, 6.45) is 10.8. The van der Waals surface area contributed by atoms with E-state index in [1.807, 2.05) is 32.3 Å². The summed E-state index contributed by atoms with van der Waals surface area (Å²) in [7, 11) is 9.95. The Labute approximate surface area is 369 Å². The van der Waals surface area contributed by atoms with Gasteiger partial charge in [-0.2, -0.15) is 16.5 Å². The first-order valence-electron chi connectivity index (χ1n) is 21.6. The summed E-state index contributed by atoms with van der Waals surface area (Å²) in [5.74, 6) is 0.577. The number of halogens is 3. The van der Waals surface area contributed by atoms with Crippen molar-refractivity contribution in [2.24, 2.45) is 7.05 Å². The van der Waals surface area contributed by atoms with E-state index in [0.717, 1.165) is 101 Å². The molecule has 3 N–H and O–H groups in total. The number of fused-ring (bicyclic) bond motifs is 3. The van der Waals surface area contributed by atoms with E-state index in [4.69, 9.17) is 11.6 Å². The van der Waals surface area contributed by atoms with Crippen molar-refractivity contribution in [3.63, 3.8) is 0 Å². The summed E-state index contributed by atoms with van der Waals surface area (Å²) in [6, 6.07) is 9.20. The van der Waals surface area contributed by atoms with Gasteiger partial charge in [0.05, 0.1) is 35.1 Å². The van der Waals surface area contributed by atoms with Crippen LogP contribution in [0.2, 0.25) is 5.02 Å². The van der Waals surface area contributed by atoms with Gasteiger partial charge in [0.2, 0.25) is 5.91 Å². The minimum absolute atomic E-state index is 0. The predicted octanol–water partition coefficient (Wildman–Crippen LogP) is 9.60. The van der Waals surface area contributed by atoms with Gasteiger partial charge in [-0.25, -0.2) is 13.8 Å². The third-order valence-electron chi connectivity index (χ3n) is 13.0. The third-order valence-corrected chi connectivity index (χ3v) is 13.3. The fourth-order valence-electron chi connectivity index (χ4n) is 8.99. The number of allylic oxidation sites excluding steroid dienone is 3. The van der Waals surface area contributed by atoms with Crippen LogP contribution in [0.15, 0.2) is 78.3 Å². The molecule has 2 saturated heterocycles. The molecule has 3 unspecified atom stereocenters. The van der Waals surface area contributed by atoms with E-state index in [0.29, 0.717) is 54.7 Å². The molecule has 6 heterocycles. The number of hydrogen-bond acceptors (Lipinski definition) is 9. The third kappa shape index (κ3) is 9.13. The summed E-state index contributed by atoms with van der Waals surface area (Å²) < 4.78 is 32.5. The molecule has 9 rings (SSSR count). The minimum atomic E-state index is -1.36. The minimum Gasteiger partial charge on any atom is -0.496 e. The number of carbonyl (C=O) groups excluding carboxylic acids is 1. The average Bonchev–Trinajstić information content (AvgIpc) is 4.03. The Morgan fingerprint density at radius 2 is 1.84 bits per heavy atom. The first kappa shape index (κ1) is 44.8. The summed E-state index contributed by atoms with van der Waals surface area (Å²) in [5, 5.41) is 15.4. The van der Waals surface area contributed by atoms with Crippen molar-refractivity contribution in [3.8, 4) is 0 Å². The van der Waals surface area contributed by atoms with Crippen molar-refractivity contribution in [3.05, 3.63) is 120 Å². The number of hydrogen-bond donors (Lipinski definition) is 3. The molecule has 3 atom stereocenters. The quantitative estimate of drug-likeness (QED) is 0.118. The van der Waals surface area contributed by atoms with Crippen LogP contribution < -0.4 is 25.8 Å². The number of likely N-dealkylation sites (N-methyl/N-ethyl adjacent to an activating group) is 1. The van der Waals surface area contributed by atoms with Crippen molar-refractivity contribution in [2.45, 2.75) is 88.3 Å². The van der Waals surface area contributed by atoms with Crippen LogP contribution in [0, 0.1) is 19.8 Å². The monoisotopic (exact) mass is 1110 g/mol. The zero-order valence-corrected chi connectivity index (χ0v) is 40.3. The van der Waals surface area contributed by atoms with E-state index >= 15 is 4.39 Å². The van der Waals surface area contributed by atoms with Crippen LogP contribution in [0.3, 0.4) is 0 Å². The Bertz CT molecular complexity index is 2490. The maximum atomic E-state index is 15.8. The largest absolute Gasteiger partial charge is 0.496 e. The zero-order valence-electron chi connectivity index (χ0n) is 36.6. The molecular weight excluding hydrogens is 1050 g/mol. The molecule has 0 radical (unpaired) electrons. The molecular formula is C48H57ClCmF2N10O-2. The number of nitrogens with zero attached hydrogens (tertiary/aromatic N) is 7. The zero-order chi connectivity index (χ0) is 44.0. The van der Waals surface area contributed by atoms with Gasteiger partial charge in [-0.15, -0.1) is 0 Å². The van der Waals surface area contributed by atoms with Gasteiger partial charge in [0.15, 0.2) is 11.8 Å². The predicted molar refractivity (Wildman–Crippen MR) is 246 cm³/mol. The number of alkyl halides is 1. The van der Waals surface area contributed by atoms with Gasteiger partial charge in [-0.05, 0) is 132 Å². The second kappa shape index (κ2) is 17.8. The smallest absolute Gasteiger partial charge is 0.233 e. The van der Waals surface area contributed by atoms with Crippen LogP contribution in [0.4, 0.5) is 31.9 Å². The van der Waals surface area contributed by atoms with Crippen molar-refractivity contribution >= 4 is 57.2 Å². The standard InChI is InChI=1S/C28H32ClFN6.C20H25FN4O.Cm/c1-6-13-35(4)27-31-16-22(29)26(34-27)32-19-9-10-23-21(15-19)25-20(17(2)36(23)5)11-12-28(3,30)24(33-25)14-18-7-8-18;1-12-4-5-14(20(26)22-12)19-16-10-17(21)15(11-18(16)25(3)23-19)13-6-8-24(2)9-7-13;/h9-10,14-16,24,33H,1-2,4,6-8,11-13H2,3,5H3,(H,31,32,34);10-11,13-14H,1,4-9H2,2-3H3,(H,22,26);/q-2;;. The van der Waals surface area contributed by atoms with Crippen LogP contribution in [0.25, 0.3) is 16.6 Å². The molecule has 336 valence electrons. The van der Waals surface area contributed by atoms with Gasteiger partial charge in [0.1, 0.15) is 16.5 Å². The number of amides is 1. The van der Waals surface area contributed by atoms with E-state index < -0.39 is 11.7 Å². The maximum Gasteiger partial charge on any atom is 0.233 e. The summed E-state index contributed by atoms with van der Waals surface area (Å²) in [5.41, 5.74) is 8.72. The van der Waals surface area contributed by atoms with Crippen molar-refractivity contribution in [2.75, 3.05) is 48.8 Å². The number of nitrogens with one attached hydrogen (secondary N) is 3. The van der Waals surface area contributed by atoms with Gasteiger partial charge in [0, 0.05) is 47.8 Å². The van der Waals surface area contributed by atoms with E-state index in [9.17, 15) is 9.18 Å². The molecule has 11 nitrogen and oxygen atoms in total. The Morgan fingerprint density at radius 1 is 1.10 bits per heavy atom. The Kier molecular flexibility index (Phi) is 12.7. The number of rotatable bonds is 8. The number of piperidine rings is 2. The SMILES string of the molecule is C=C1C2=C(NC(C=C3CC3)C(C)(F)CC2)c2cc(Nc3nc(N([CH2-])CC[CH2-])ncc3Cl)ccc2N1C.C=C1CCC(c2nn(C)c3cc(C4CCN(C)CC4)c(F)cc23)C(=O)N1.[Cm]. The number of aromatic nitrogens is 4. The van der Waals surface area contributed by atoms with Crippen LogP contribution in [-0.4, -0.2) is 76.0 Å². The number of likely N-dealkylation sites (tertiary alicyclic amines) is 1. The number of anilines is 4. The Morgan fingerprint density at radius 3 is 2.54 bits per heavy atom. The van der Waals surface area contributed by atoms with Gasteiger partial charge < -0.3 is 37.6 Å². The maximum absolute atomic E-state index is 15.8. The first-order chi connectivity index (χ1) is 29.6. The molecule has 63 heavy (non-hydrogen) atoms. The van der Waals surface area contributed by atoms with Crippen LogP contribution in [0.5, 0.6) is 0 Å². The number of benzene rings is 2. The van der Waals surface area contributed by atoms with Crippen molar-refractivity contribution in [1.29, 1.82) is 0 Å². The molecule has 1 amide bonds. The summed E-state index contributed by atoms with van der Waals surface area (Å²) >= 11 is 6.42. The van der Waals surface area contributed by atoms with E-state index in [-0.39, 0.29) is 23.6 Å². The topological polar surface area (TPSA) is 106 Å². The molecule has 15 heteroatoms. The number of carbonyl (C=O) groups is 1. The summed E-state index contributed by atoms with van der Waals surface area (Å²) in [6.45, 7) is 16.3. The molecule has 4 aromatic rings. The average molecular weight is 1110 g/mol. The summed E-state index contributed by atoms with van der Waals surface area (Å²) in [4.78, 5) is 27.3. The van der Waals surface area contributed by atoms with Crippen LogP contribution in [-0.2, 0) is 11.8 Å². The van der Waals surface area contributed by atoms with E-state index in [2.05, 4.69) is 87.1 Å². The van der Waals surface area contributed by atoms with E-state index in [1.165, 1.54) is 5.57 Å². The van der Waals surface area contributed by atoms with Crippen LogP contribution >= 0.6 is 11.6 Å². The second-order valence-electron chi connectivity index (χ2n) is 17.6. The molecule has 0 spiro atoms. The molecule has 3 fully saturated rings. The fraction of sp³-hybridized carbons (Fsp3) is 0.417. The van der Waals surface area contributed by atoms with Gasteiger partial charge in [0.25, 0.3) is 0 Å². The first-order valence-corrected chi connectivity index (χ1v) is 21.9. The molecule has 2 aromatic carbocycles. The van der Waals surface area contributed by atoms with Gasteiger partial charge in [-0.1, -0.05) is 36.4 Å². The molecule has 2 aromatic heterocycles. The van der Waals surface area contributed by atoms with Crippen molar-refractivity contribution in [1.82, 2.24) is 35.3 Å². The number of aryl methyl sites for hydroxylation is 1. The Hall–Kier alpha value is -6.27.